The molecule has 0 saturated heterocycles. The van der Waals surface area contributed by atoms with Crippen molar-refractivity contribution in [2.45, 2.75) is 26.2 Å². The van der Waals surface area contributed by atoms with Gasteiger partial charge in [0.1, 0.15) is 6.02 Å². The molecule has 0 fully saturated rings. The molecule has 0 aliphatic rings. The van der Waals surface area contributed by atoms with Gasteiger partial charge in [-0.3, -0.25) is 4.79 Å². The first kappa shape index (κ1) is 4.28. The Kier molecular flexibility index (Phi) is 1.64. The van der Waals surface area contributed by atoms with Gasteiger partial charge in [0.15, 0.2) is 0 Å². The van der Waals surface area contributed by atoms with Crippen molar-refractivity contribution in [3.8, 4) is 0 Å². The highest BCUT2D eigenvalue weighted by Gasteiger charge is 2.11. The number of carboxylic acid groups (broad SMARTS) is 1. The summed E-state index contributed by atoms with van der Waals surface area (Å²) < 4.78 is 21.7. The third-order valence-electron chi connectivity index (χ3n) is 0.675. The fourth-order valence-electron chi connectivity index (χ4n) is 0.373. The van der Waals surface area contributed by atoms with Gasteiger partial charge in [0.25, 0.3) is 0 Å². The van der Waals surface area contributed by atoms with E-state index >= 15 is 0 Å². The molecule has 1 atom stereocenters. The summed E-state index contributed by atoms with van der Waals surface area (Å²) in [6, 6.07) is -2.58. The average molecular weight is 134 g/mol. The topological polar surface area (TPSA) is 63.3 Å². The largest absolute Gasteiger partial charge is 0.480 e. The first-order chi connectivity index (χ1) is 5.14. The maximum atomic E-state index is 10.4. The molecule has 0 aromatic carbocycles. The molecular formula is C6H13NO2. The molecule has 0 aromatic heterocycles. The number of carboxylic acids is 1. The van der Waals surface area contributed by atoms with Crippen LogP contribution in [-0.2, 0) is 4.79 Å². The Morgan fingerprint density at radius 2 is 2.44 bits per heavy atom. The first-order valence-corrected chi connectivity index (χ1v) is 2.66. The average Bonchev–Trinajstić information content (AvgIpc) is 1.86. The van der Waals surface area contributed by atoms with Gasteiger partial charge >= 0.3 is 5.97 Å². The first-order valence-electron chi connectivity index (χ1n) is 4.16. The van der Waals surface area contributed by atoms with Crippen LogP contribution in [0.2, 0.25) is 0 Å². The van der Waals surface area contributed by atoms with Crippen LogP contribution < -0.4 is 5.73 Å². The molecule has 3 N–H and O–H groups in total. The Hall–Kier alpha value is -0.570. The third kappa shape index (κ3) is 3.97. The van der Waals surface area contributed by atoms with E-state index in [-0.39, 0.29) is 0 Å². The molecule has 54 valence electrons. The van der Waals surface area contributed by atoms with E-state index in [0.29, 0.717) is 0 Å². The second-order valence-corrected chi connectivity index (χ2v) is 2.02. The van der Waals surface area contributed by atoms with Gasteiger partial charge in [0.2, 0.25) is 0 Å². The summed E-state index contributed by atoms with van der Waals surface area (Å²) in [6.45, 7) is 2.97. The third-order valence-corrected chi connectivity index (χ3v) is 0.675. The number of carbonyl (C=O) groups is 1. The summed E-state index contributed by atoms with van der Waals surface area (Å²) in [5, 5.41) is 8.47. The second kappa shape index (κ2) is 3.45. The van der Waals surface area contributed by atoms with E-state index < -0.39 is 24.3 Å². The monoisotopic (exact) mass is 134 g/mol. The SMILES string of the molecule is [2H]C(N)(C(=O)O)C([2H])([2H])C(C)C. The van der Waals surface area contributed by atoms with Crippen molar-refractivity contribution in [3.05, 3.63) is 0 Å². The minimum absolute atomic E-state index is 0.615. The van der Waals surface area contributed by atoms with E-state index in [0.717, 1.165) is 0 Å². The lowest BCUT2D eigenvalue weighted by molar-refractivity contribution is -0.138. The molecule has 9 heavy (non-hydrogen) atoms. The highest BCUT2D eigenvalue weighted by molar-refractivity contribution is 5.72. The standard InChI is InChI=1S/C6H13NO2/c1-4(2)3-5(7)6(8)9/h4-5H,3,7H2,1-2H3,(H,8,9)/i3D2,5D. The minimum atomic E-state index is -2.58. The summed E-state index contributed by atoms with van der Waals surface area (Å²) in [7, 11) is 0. The van der Waals surface area contributed by atoms with Crippen LogP contribution in [0.15, 0.2) is 0 Å². The lowest BCUT2D eigenvalue weighted by atomic mass is 10.1. The fraction of sp³-hybridized carbons (Fsp3) is 0.833. The van der Waals surface area contributed by atoms with E-state index in [4.69, 9.17) is 15.0 Å². The van der Waals surface area contributed by atoms with E-state index in [1.165, 1.54) is 13.8 Å². The maximum absolute atomic E-state index is 10.4. The molecular weight excluding hydrogens is 118 g/mol. The molecule has 0 rings (SSSR count). The molecule has 3 heteroatoms. The lowest BCUT2D eigenvalue weighted by Crippen LogP contribution is -2.31. The van der Waals surface area contributed by atoms with Crippen LogP contribution in [0.5, 0.6) is 0 Å². The van der Waals surface area contributed by atoms with Crippen LogP contribution in [0.4, 0.5) is 0 Å². The van der Waals surface area contributed by atoms with E-state index in [1.54, 1.807) is 0 Å². The van der Waals surface area contributed by atoms with Crippen molar-refractivity contribution >= 4 is 5.97 Å². The summed E-state index contributed by atoms with van der Waals surface area (Å²) in [5.74, 6) is -2.27. The van der Waals surface area contributed by atoms with Gasteiger partial charge in [-0.05, 0) is 12.3 Å². The number of rotatable bonds is 3. The van der Waals surface area contributed by atoms with E-state index in [1.807, 2.05) is 0 Å². The molecule has 1 unspecified atom stereocenters. The van der Waals surface area contributed by atoms with Crippen LogP contribution in [0.3, 0.4) is 0 Å². The van der Waals surface area contributed by atoms with Gasteiger partial charge in [-0.2, -0.15) is 0 Å². The number of hydrogen-bond donors (Lipinski definition) is 2. The summed E-state index contributed by atoms with van der Waals surface area (Å²) in [6.07, 6.45) is -2.24. The zero-order valence-corrected chi connectivity index (χ0v) is 5.51. The van der Waals surface area contributed by atoms with Crippen LogP contribution in [0.25, 0.3) is 0 Å². The van der Waals surface area contributed by atoms with Crippen LogP contribution >= 0.6 is 0 Å². The fourth-order valence-corrected chi connectivity index (χ4v) is 0.373. The Balaban J connectivity index is 4.88. The summed E-state index contributed by atoms with van der Waals surface area (Å²) in [4.78, 5) is 10.4. The molecule has 0 aliphatic heterocycles. The molecule has 3 nitrogen and oxygen atoms in total. The second-order valence-electron chi connectivity index (χ2n) is 2.02. The van der Waals surface area contributed by atoms with Crippen LogP contribution in [0.1, 0.15) is 24.3 Å². The van der Waals surface area contributed by atoms with Crippen LogP contribution in [-0.4, -0.2) is 17.1 Å². The predicted molar refractivity (Wildman–Crippen MR) is 35.1 cm³/mol. The van der Waals surface area contributed by atoms with Crippen molar-refractivity contribution in [3.63, 3.8) is 0 Å². The molecule has 0 amide bonds. The Morgan fingerprint density at radius 1 is 2.00 bits per heavy atom. The molecule has 0 saturated carbocycles. The highest BCUT2D eigenvalue weighted by Crippen LogP contribution is 2.01. The van der Waals surface area contributed by atoms with E-state index in [2.05, 4.69) is 0 Å². The van der Waals surface area contributed by atoms with Gasteiger partial charge in [-0.25, -0.2) is 0 Å². The molecule has 0 aliphatic carbocycles. The molecule has 0 bridgehead atoms. The van der Waals surface area contributed by atoms with Crippen molar-refractivity contribution in [1.82, 2.24) is 0 Å². The van der Waals surface area contributed by atoms with Gasteiger partial charge in [0.05, 0.1) is 1.37 Å². The van der Waals surface area contributed by atoms with Gasteiger partial charge in [0, 0.05) is 2.74 Å². The highest BCUT2D eigenvalue weighted by atomic mass is 16.4. The van der Waals surface area contributed by atoms with Crippen molar-refractivity contribution in [2.24, 2.45) is 11.7 Å². The summed E-state index contributed by atoms with van der Waals surface area (Å²) in [5.41, 5.74) is 5.03. The lowest BCUT2D eigenvalue weighted by Gasteiger charge is -2.07. The van der Waals surface area contributed by atoms with Gasteiger partial charge < -0.3 is 10.8 Å². The number of hydrogen-bond acceptors (Lipinski definition) is 2. The number of aliphatic carboxylic acids is 1. The number of nitrogens with two attached hydrogens (primary N) is 1. The maximum Gasteiger partial charge on any atom is 0.320 e. The molecule has 0 heterocycles. The normalized spacial score (nSPS) is 23.8. The Morgan fingerprint density at radius 3 is 2.56 bits per heavy atom. The molecule has 0 spiro atoms. The zero-order valence-electron chi connectivity index (χ0n) is 8.51. The zero-order chi connectivity index (χ0) is 10.2. The van der Waals surface area contributed by atoms with Gasteiger partial charge in [-0.15, -0.1) is 0 Å². The van der Waals surface area contributed by atoms with Crippen molar-refractivity contribution < 1.29 is 14.0 Å². The quantitative estimate of drug-likeness (QED) is 0.588. The Bertz CT molecular complexity index is 191. The predicted octanol–water partition coefficient (Wildman–Crippen LogP) is 0.444. The molecule has 0 aromatic rings. The van der Waals surface area contributed by atoms with Gasteiger partial charge in [-0.1, -0.05) is 13.8 Å². The smallest absolute Gasteiger partial charge is 0.320 e. The summed E-state index contributed by atoms with van der Waals surface area (Å²) >= 11 is 0. The van der Waals surface area contributed by atoms with Crippen molar-refractivity contribution in [2.75, 3.05) is 0 Å². The van der Waals surface area contributed by atoms with Crippen LogP contribution in [0, 0.1) is 5.92 Å². The Labute approximate surface area is 59.1 Å². The van der Waals surface area contributed by atoms with Crippen molar-refractivity contribution in [1.29, 1.82) is 0 Å². The minimum Gasteiger partial charge on any atom is -0.480 e. The molecule has 0 radical (unpaired) electrons. The van der Waals surface area contributed by atoms with E-state index in [9.17, 15) is 4.79 Å².